The van der Waals surface area contributed by atoms with Crippen LogP contribution in [0.15, 0.2) is 24.3 Å². The number of aliphatic hydroxyl groups is 1. The quantitative estimate of drug-likeness (QED) is 0.0275. The highest BCUT2D eigenvalue weighted by atomic mass is 31.2. The first-order valence-corrected chi connectivity index (χ1v) is 24.5. The highest BCUT2D eigenvalue weighted by Gasteiger charge is 2.26. The molecule has 0 spiro atoms. The van der Waals surface area contributed by atoms with E-state index in [9.17, 15) is 19.4 Å². The number of aliphatic hydroxyl groups excluding tert-OH is 1. The van der Waals surface area contributed by atoms with Crippen LogP contribution in [0, 0.1) is 0 Å². The van der Waals surface area contributed by atoms with Crippen LogP contribution in [0.1, 0.15) is 226 Å². The minimum absolute atomic E-state index is 0.0760. The van der Waals surface area contributed by atoms with Crippen LogP contribution < -0.4 is 11.1 Å². The van der Waals surface area contributed by atoms with Gasteiger partial charge in [-0.1, -0.05) is 212 Å². The molecule has 0 aromatic carbocycles. The largest absolute Gasteiger partial charge is 0.472 e. The Bertz CT molecular complexity index is 901. The Kier molecular flexibility index (Phi) is 40.8. The Morgan fingerprint density at radius 1 is 0.593 bits per heavy atom. The Labute approximate surface area is 334 Å². The summed E-state index contributed by atoms with van der Waals surface area (Å²) in [7, 11) is -4.34. The Hall–Kier alpha value is -1.02. The summed E-state index contributed by atoms with van der Waals surface area (Å²) in [4.78, 5) is 22.7. The molecule has 0 aliphatic carbocycles. The average molecular weight is 785 g/mol. The molecule has 0 saturated carbocycles. The molecule has 0 aromatic rings. The fourth-order valence-corrected chi connectivity index (χ4v) is 7.56. The van der Waals surface area contributed by atoms with Crippen LogP contribution in [0.3, 0.4) is 0 Å². The zero-order chi connectivity index (χ0) is 39.6. The van der Waals surface area contributed by atoms with Crippen LogP contribution in [-0.4, -0.2) is 47.8 Å². The average Bonchev–Trinajstić information content (AvgIpc) is 3.16. The van der Waals surface area contributed by atoms with Gasteiger partial charge in [0.05, 0.1) is 25.4 Å². The van der Waals surface area contributed by atoms with Crippen molar-refractivity contribution in [1.82, 2.24) is 5.32 Å². The van der Waals surface area contributed by atoms with Gasteiger partial charge in [-0.2, -0.15) is 0 Å². The number of rotatable bonds is 43. The first-order chi connectivity index (χ1) is 26.4. The summed E-state index contributed by atoms with van der Waals surface area (Å²) in [5.74, 6) is -0.200. The number of hydrogen-bond donors (Lipinski definition) is 4. The van der Waals surface area contributed by atoms with Gasteiger partial charge in [0, 0.05) is 13.0 Å². The van der Waals surface area contributed by atoms with E-state index in [2.05, 4.69) is 31.3 Å². The number of phosphoric ester groups is 1. The van der Waals surface area contributed by atoms with Gasteiger partial charge in [-0.15, -0.1) is 0 Å². The fraction of sp³-hybridized carbons (Fsp3) is 0.889. The zero-order valence-electron chi connectivity index (χ0n) is 35.5. The van der Waals surface area contributed by atoms with Gasteiger partial charge in [0.2, 0.25) is 5.91 Å². The summed E-state index contributed by atoms with van der Waals surface area (Å²) >= 11 is 0. The smallest absolute Gasteiger partial charge is 0.387 e. The molecule has 0 radical (unpaired) electrons. The second kappa shape index (κ2) is 41.6. The first-order valence-electron chi connectivity index (χ1n) is 23.0. The maximum absolute atomic E-state index is 12.8. The molecule has 0 saturated heterocycles. The number of nitrogens with two attached hydrogens (primary N) is 1. The third-order valence-corrected chi connectivity index (χ3v) is 11.3. The molecule has 0 bridgehead atoms. The molecule has 3 unspecified atom stereocenters. The lowest BCUT2D eigenvalue weighted by molar-refractivity contribution is -0.123. The van der Waals surface area contributed by atoms with Crippen molar-refractivity contribution in [2.24, 2.45) is 5.73 Å². The number of carbonyl (C=O) groups excluding carboxylic acids is 1. The number of nitrogens with one attached hydrogen (secondary N) is 1. The van der Waals surface area contributed by atoms with Gasteiger partial charge in [0.15, 0.2) is 0 Å². The summed E-state index contributed by atoms with van der Waals surface area (Å²) in [6.07, 6.45) is 48.0. The van der Waals surface area contributed by atoms with Crippen molar-refractivity contribution in [2.45, 2.75) is 238 Å². The predicted octanol–water partition coefficient (Wildman–Crippen LogP) is 12.9. The molecule has 0 aliphatic rings. The SMILES string of the molecule is CCCCCCCCCCCC/C=C/CC/C=C/C(O)C(COP(=O)(O)OCCN)NC(=O)CCCCCCCCCCCCCCCCCCCCC. The normalized spacial score (nSPS) is 14.2. The van der Waals surface area contributed by atoms with E-state index in [1.165, 1.54) is 167 Å². The van der Waals surface area contributed by atoms with Crippen LogP contribution in [0.25, 0.3) is 0 Å². The van der Waals surface area contributed by atoms with E-state index >= 15 is 0 Å². The van der Waals surface area contributed by atoms with Crippen molar-refractivity contribution < 1.29 is 28.4 Å². The molecule has 3 atom stereocenters. The second-order valence-corrected chi connectivity index (χ2v) is 17.1. The van der Waals surface area contributed by atoms with E-state index in [1.54, 1.807) is 6.08 Å². The number of amides is 1. The molecule has 0 rings (SSSR count). The molecule has 8 nitrogen and oxygen atoms in total. The molecule has 5 N–H and O–H groups in total. The topological polar surface area (TPSA) is 131 Å². The highest BCUT2D eigenvalue weighted by molar-refractivity contribution is 7.47. The summed E-state index contributed by atoms with van der Waals surface area (Å²) in [5, 5.41) is 13.7. The van der Waals surface area contributed by atoms with Crippen molar-refractivity contribution in [3.8, 4) is 0 Å². The van der Waals surface area contributed by atoms with Crippen LogP contribution in [-0.2, 0) is 18.4 Å². The number of phosphoric acid groups is 1. The second-order valence-electron chi connectivity index (χ2n) is 15.6. The molecule has 0 fully saturated rings. The van der Waals surface area contributed by atoms with Crippen LogP contribution in [0.4, 0.5) is 0 Å². The van der Waals surface area contributed by atoms with Crippen LogP contribution in [0.2, 0.25) is 0 Å². The monoisotopic (exact) mass is 785 g/mol. The third-order valence-electron chi connectivity index (χ3n) is 10.3. The van der Waals surface area contributed by atoms with Crippen LogP contribution in [0.5, 0.6) is 0 Å². The third kappa shape index (κ3) is 39.2. The molecule has 0 aliphatic heterocycles. The van der Waals surface area contributed by atoms with Crippen LogP contribution >= 0.6 is 7.82 Å². The van der Waals surface area contributed by atoms with Gasteiger partial charge in [-0.05, 0) is 32.1 Å². The molecule has 9 heteroatoms. The molecule has 1 amide bonds. The lowest BCUT2D eigenvalue weighted by Gasteiger charge is -2.23. The van der Waals surface area contributed by atoms with E-state index < -0.39 is 20.0 Å². The van der Waals surface area contributed by atoms with E-state index in [1.807, 2.05) is 6.08 Å². The van der Waals surface area contributed by atoms with Crippen molar-refractivity contribution in [3.63, 3.8) is 0 Å². The minimum Gasteiger partial charge on any atom is -0.387 e. The highest BCUT2D eigenvalue weighted by Crippen LogP contribution is 2.43. The molecular formula is C45H89N2O6P. The Morgan fingerprint density at radius 2 is 0.981 bits per heavy atom. The number of unbranched alkanes of at least 4 members (excludes halogenated alkanes) is 29. The Morgan fingerprint density at radius 3 is 1.43 bits per heavy atom. The van der Waals surface area contributed by atoms with E-state index in [4.69, 9.17) is 14.8 Å². The number of hydrogen-bond acceptors (Lipinski definition) is 6. The van der Waals surface area contributed by atoms with Gasteiger partial charge in [0.1, 0.15) is 0 Å². The lowest BCUT2D eigenvalue weighted by atomic mass is 10.0. The predicted molar refractivity (Wildman–Crippen MR) is 231 cm³/mol. The molecular weight excluding hydrogens is 695 g/mol. The molecule has 320 valence electrons. The van der Waals surface area contributed by atoms with Gasteiger partial charge in [0.25, 0.3) is 0 Å². The van der Waals surface area contributed by atoms with E-state index in [0.29, 0.717) is 6.42 Å². The minimum atomic E-state index is -4.34. The van der Waals surface area contributed by atoms with Crippen molar-refractivity contribution in [2.75, 3.05) is 19.8 Å². The van der Waals surface area contributed by atoms with E-state index in [0.717, 1.165) is 38.5 Å². The Balaban J connectivity index is 4.18. The number of allylic oxidation sites excluding steroid dienone is 3. The summed E-state index contributed by atoms with van der Waals surface area (Å²) in [5.41, 5.74) is 5.37. The summed E-state index contributed by atoms with van der Waals surface area (Å²) in [6, 6.07) is -0.872. The number of carbonyl (C=O) groups is 1. The summed E-state index contributed by atoms with van der Waals surface area (Å²) < 4.78 is 22.1. The van der Waals surface area contributed by atoms with E-state index in [-0.39, 0.29) is 25.7 Å². The fourth-order valence-electron chi connectivity index (χ4n) is 6.80. The summed E-state index contributed by atoms with van der Waals surface area (Å²) in [6.45, 7) is 4.14. The zero-order valence-corrected chi connectivity index (χ0v) is 36.4. The molecule has 0 heterocycles. The maximum Gasteiger partial charge on any atom is 0.472 e. The standard InChI is InChI=1S/C45H89N2O6P/c1-3-5-7-9-11-13-15-17-19-21-22-23-25-27-29-31-33-35-37-39-45(49)47-43(42-53-54(50,51)52-41-40-46)44(48)38-36-34-32-30-28-26-24-20-18-16-14-12-10-8-6-4-2/h28,30,36,38,43-44,48H,3-27,29,31-35,37,39-42,46H2,1-2H3,(H,47,49)(H,50,51)/b30-28+,38-36+. The van der Waals surface area contributed by atoms with Crippen molar-refractivity contribution >= 4 is 13.7 Å². The molecule has 54 heavy (non-hydrogen) atoms. The lowest BCUT2D eigenvalue weighted by Crippen LogP contribution is -2.45. The van der Waals surface area contributed by atoms with Gasteiger partial charge >= 0.3 is 7.82 Å². The maximum atomic E-state index is 12.8. The van der Waals surface area contributed by atoms with Gasteiger partial charge in [-0.25, -0.2) is 4.57 Å². The first kappa shape index (κ1) is 53.0. The van der Waals surface area contributed by atoms with Crippen molar-refractivity contribution in [1.29, 1.82) is 0 Å². The van der Waals surface area contributed by atoms with Gasteiger partial charge < -0.3 is 21.1 Å². The molecule has 0 aromatic heterocycles. The van der Waals surface area contributed by atoms with Gasteiger partial charge in [-0.3, -0.25) is 13.8 Å². The van der Waals surface area contributed by atoms with Crippen molar-refractivity contribution in [3.05, 3.63) is 24.3 Å².